The van der Waals surface area contributed by atoms with Gasteiger partial charge in [0, 0.05) is 28.8 Å². The molecule has 1 aromatic heterocycles. The summed E-state index contributed by atoms with van der Waals surface area (Å²) in [6.07, 6.45) is 1.87. The van der Waals surface area contributed by atoms with Gasteiger partial charge in [-0.15, -0.1) is 11.3 Å². The Morgan fingerprint density at radius 1 is 1.39 bits per heavy atom. The van der Waals surface area contributed by atoms with Crippen molar-refractivity contribution < 1.29 is 9.59 Å². The van der Waals surface area contributed by atoms with Gasteiger partial charge in [0.25, 0.3) is 0 Å². The monoisotopic (exact) mass is 266 g/mol. The second-order valence-corrected chi connectivity index (χ2v) is 6.12. The van der Waals surface area contributed by atoms with E-state index in [2.05, 4.69) is 0 Å². The lowest BCUT2D eigenvalue weighted by Gasteiger charge is -2.30. The molecule has 0 bridgehead atoms. The first-order chi connectivity index (χ1) is 8.56. The van der Waals surface area contributed by atoms with Gasteiger partial charge in [-0.1, -0.05) is 0 Å². The van der Waals surface area contributed by atoms with Crippen molar-refractivity contribution >= 4 is 23.2 Å². The third-order valence-electron chi connectivity index (χ3n) is 3.37. The Morgan fingerprint density at radius 2 is 2.06 bits per heavy atom. The summed E-state index contributed by atoms with van der Waals surface area (Å²) in [4.78, 5) is 27.3. The number of rotatable bonds is 3. The molecule has 0 saturated carbocycles. The summed E-state index contributed by atoms with van der Waals surface area (Å²) in [5, 5.41) is 0. The van der Waals surface area contributed by atoms with Crippen molar-refractivity contribution in [2.24, 2.45) is 11.7 Å². The van der Waals surface area contributed by atoms with Gasteiger partial charge >= 0.3 is 0 Å². The number of thiophene rings is 1. The van der Waals surface area contributed by atoms with Crippen LogP contribution in [0.5, 0.6) is 0 Å². The quantitative estimate of drug-likeness (QED) is 0.897. The summed E-state index contributed by atoms with van der Waals surface area (Å²) in [6.45, 7) is 3.34. The molecule has 1 fully saturated rings. The standard InChI is InChI=1S/C13H18N2O2S/c1-9-2-3-11(18-9)8-12(16)15-6-4-10(5-7-15)13(14)17/h2-3,10H,4-8H2,1H3,(H2,14,17). The number of nitrogens with two attached hydrogens (primary N) is 1. The maximum atomic E-state index is 12.1. The highest BCUT2D eigenvalue weighted by molar-refractivity contribution is 7.12. The number of aryl methyl sites for hydroxylation is 1. The summed E-state index contributed by atoms with van der Waals surface area (Å²) in [5.74, 6) is -0.145. The molecule has 0 unspecified atom stereocenters. The van der Waals surface area contributed by atoms with E-state index in [1.54, 1.807) is 11.3 Å². The van der Waals surface area contributed by atoms with Gasteiger partial charge in [0.1, 0.15) is 0 Å². The molecule has 18 heavy (non-hydrogen) atoms. The SMILES string of the molecule is Cc1ccc(CC(=O)N2CCC(C(N)=O)CC2)s1. The largest absolute Gasteiger partial charge is 0.369 e. The van der Waals surface area contributed by atoms with Crippen LogP contribution in [-0.2, 0) is 16.0 Å². The normalized spacial score (nSPS) is 16.8. The van der Waals surface area contributed by atoms with Crippen molar-refractivity contribution in [2.75, 3.05) is 13.1 Å². The number of likely N-dealkylation sites (tertiary alicyclic amines) is 1. The number of amides is 2. The molecule has 2 N–H and O–H groups in total. The summed E-state index contributed by atoms with van der Waals surface area (Å²) < 4.78 is 0. The van der Waals surface area contributed by atoms with Crippen molar-refractivity contribution in [3.8, 4) is 0 Å². The van der Waals surface area contributed by atoms with Crippen LogP contribution < -0.4 is 5.73 Å². The highest BCUT2D eigenvalue weighted by Gasteiger charge is 2.25. The van der Waals surface area contributed by atoms with Gasteiger partial charge in [-0.3, -0.25) is 9.59 Å². The van der Waals surface area contributed by atoms with Gasteiger partial charge in [-0.2, -0.15) is 0 Å². The Morgan fingerprint density at radius 3 is 2.56 bits per heavy atom. The van der Waals surface area contributed by atoms with E-state index in [1.807, 2.05) is 24.0 Å². The van der Waals surface area contributed by atoms with Gasteiger partial charge in [-0.25, -0.2) is 0 Å². The fourth-order valence-electron chi connectivity index (χ4n) is 2.25. The molecule has 98 valence electrons. The molecule has 5 heteroatoms. The minimum Gasteiger partial charge on any atom is -0.369 e. The zero-order chi connectivity index (χ0) is 13.1. The molecule has 1 aromatic rings. The van der Waals surface area contributed by atoms with Crippen LogP contribution in [0, 0.1) is 12.8 Å². The van der Waals surface area contributed by atoms with E-state index in [0.29, 0.717) is 32.4 Å². The van der Waals surface area contributed by atoms with Crippen LogP contribution in [0.4, 0.5) is 0 Å². The molecular formula is C13H18N2O2S. The van der Waals surface area contributed by atoms with E-state index < -0.39 is 0 Å². The van der Waals surface area contributed by atoms with Crippen LogP contribution in [0.25, 0.3) is 0 Å². The second kappa shape index (κ2) is 5.52. The smallest absolute Gasteiger partial charge is 0.227 e. The van der Waals surface area contributed by atoms with Crippen molar-refractivity contribution in [3.05, 3.63) is 21.9 Å². The third-order valence-corrected chi connectivity index (χ3v) is 4.37. The van der Waals surface area contributed by atoms with Crippen LogP contribution in [0.1, 0.15) is 22.6 Å². The van der Waals surface area contributed by atoms with Crippen LogP contribution in [-0.4, -0.2) is 29.8 Å². The average molecular weight is 266 g/mol. The molecule has 2 rings (SSSR count). The zero-order valence-corrected chi connectivity index (χ0v) is 11.3. The van der Waals surface area contributed by atoms with Gasteiger partial charge < -0.3 is 10.6 Å². The van der Waals surface area contributed by atoms with Gasteiger partial charge in [0.15, 0.2) is 0 Å². The minimum atomic E-state index is -0.240. The number of hydrogen-bond acceptors (Lipinski definition) is 3. The summed E-state index contributed by atoms with van der Waals surface area (Å²) in [6, 6.07) is 4.04. The number of primary amides is 1. The maximum Gasteiger partial charge on any atom is 0.227 e. The molecule has 0 radical (unpaired) electrons. The zero-order valence-electron chi connectivity index (χ0n) is 10.5. The molecule has 2 heterocycles. The summed E-state index contributed by atoms with van der Waals surface area (Å²) in [5.41, 5.74) is 5.27. The fraction of sp³-hybridized carbons (Fsp3) is 0.538. The number of carbonyl (C=O) groups is 2. The molecular weight excluding hydrogens is 248 g/mol. The molecule has 2 amide bonds. The number of nitrogens with zero attached hydrogens (tertiary/aromatic N) is 1. The van der Waals surface area contributed by atoms with E-state index in [-0.39, 0.29) is 17.7 Å². The van der Waals surface area contributed by atoms with Gasteiger partial charge in [-0.05, 0) is 31.9 Å². The van der Waals surface area contributed by atoms with Crippen LogP contribution in [0.15, 0.2) is 12.1 Å². The highest BCUT2D eigenvalue weighted by Crippen LogP contribution is 2.20. The first-order valence-corrected chi connectivity index (χ1v) is 7.00. The van der Waals surface area contributed by atoms with Crippen LogP contribution >= 0.6 is 11.3 Å². The van der Waals surface area contributed by atoms with Crippen LogP contribution in [0.3, 0.4) is 0 Å². The highest BCUT2D eigenvalue weighted by atomic mass is 32.1. The predicted molar refractivity (Wildman–Crippen MR) is 71.3 cm³/mol. The lowest BCUT2D eigenvalue weighted by Crippen LogP contribution is -2.42. The minimum absolute atomic E-state index is 0.0574. The molecule has 4 nitrogen and oxygen atoms in total. The lowest BCUT2D eigenvalue weighted by atomic mass is 9.96. The Balaban J connectivity index is 1.86. The number of hydrogen-bond donors (Lipinski definition) is 1. The molecule has 0 spiro atoms. The Kier molecular flexibility index (Phi) is 4.01. The first-order valence-electron chi connectivity index (χ1n) is 6.18. The van der Waals surface area contributed by atoms with Gasteiger partial charge in [0.2, 0.25) is 11.8 Å². The van der Waals surface area contributed by atoms with E-state index in [0.717, 1.165) is 4.88 Å². The summed E-state index contributed by atoms with van der Waals surface area (Å²) >= 11 is 1.66. The number of carbonyl (C=O) groups excluding carboxylic acids is 2. The van der Waals surface area contributed by atoms with Gasteiger partial charge in [0.05, 0.1) is 6.42 Å². The van der Waals surface area contributed by atoms with E-state index in [1.165, 1.54) is 4.88 Å². The van der Waals surface area contributed by atoms with Crippen LogP contribution in [0.2, 0.25) is 0 Å². The lowest BCUT2D eigenvalue weighted by molar-refractivity contribution is -0.134. The molecule has 0 aromatic carbocycles. The predicted octanol–water partition coefficient (Wildman–Crippen LogP) is 1.32. The first kappa shape index (κ1) is 13.1. The van der Waals surface area contributed by atoms with E-state index in [9.17, 15) is 9.59 Å². The third kappa shape index (κ3) is 3.10. The average Bonchev–Trinajstić information content (AvgIpc) is 2.75. The van der Waals surface area contributed by atoms with E-state index in [4.69, 9.17) is 5.73 Å². The molecule has 1 saturated heterocycles. The van der Waals surface area contributed by atoms with Crippen molar-refractivity contribution in [1.29, 1.82) is 0 Å². The molecule has 0 atom stereocenters. The number of piperidine rings is 1. The summed E-state index contributed by atoms with van der Waals surface area (Å²) in [7, 11) is 0. The topological polar surface area (TPSA) is 63.4 Å². The van der Waals surface area contributed by atoms with Crippen molar-refractivity contribution in [2.45, 2.75) is 26.2 Å². The fourth-order valence-corrected chi connectivity index (χ4v) is 3.14. The Labute approximate surface area is 111 Å². The van der Waals surface area contributed by atoms with Crippen molar-refractivity contribution in [1.82, 2.24) is 4.90 Å². The molecule has 0 aliphatic carbocycles. The molecule has 1 aliphatic rings. The Hall–Kier alpha value is -1.36. The van der Waals surface area contributed by atoms with Crippen molar-refractivity contribution in [3.63, 3.8) is 0 Å². The Bertz CT molecular complexity index is 448. The van der Waals surface area contributed by atoms with E-state index >= 15 is 0 Å². The second-order valence-electron chi connectivity index (χ2n) is 4.75. The maximum absolute atomic E-state index is 12.1. The molecule has 1 aliphatic heterocycles.